The highest BCUT2D eigenvalue weighted by Gasteiger charge is 2.18. The van der Waals surface area contributed by atoms with Crippen molar-refractivity contribution >= 4 is 35.7 Å². The number of hydrogen-bond donors (Lipinski definition) is 1. The summed E-state index contributed by atoms with van der Waals surface area (Å²) in [6.07, 6.45) is 0.492. The van der Waals surface area contributed by atoms with E-state index in [2.05, 4.69) is 18.3 Å². The zero-order valence-corrected chi connectivity index (χ0v) is 17.5. The molecule has 0 saturated carbocycles. The van der Waals surface area contributed by atoms with E-state index in [4.69, 9.17) is 25.6 Å². The number of nitriles is 1. The van der Waals surface area contributed by atoms with Crippen LogP contribution in [0.3, 0.4) is 0 Å². The molecule has 0 radical (unpaired) electrons. The van der Waals surface area contributed by atoms with Crippen LogP contribution in [0.2, 0.25) is 0 Å². The molecule has 0 bridgehead atoms. The Labute approximate surface area is 160 Å². The summed E-state index contributed by atoms with van der Waals surface area (Å²) < 4.78 is 16.0. The van der Waals surface area contributed by atoms with Gasteiger partial charge in [0.15, 0.2) is 0 Å². The van der Waals surface area contributed by atoms with Gasteiger partial charge < -0.3 is 13.8 Å². The fourth-order valence-corrected chi connectivity index (χ4v) is 4.08. The largest absolute Gasteiger partial charge is 0.462 e. The van der Waals surface area contributed by atoms with Crippen molar-refractivity contribution in [2.75, 3.05) is 19.8 Å². The van der Waals surface area contributed by atoms with E-state index in [1.165, 1.54) is 0 Å². The standard InChI is InChI=1S/C17H24NO4PS2/c1-5-21-23(24,25)22-8-6-7-20-17(19)16-10-14(11-18)13(4)9-15(16)12(2)3/h9-10,12H,5-8H2,1-4H3,(H,24,25). The Morgan fingerprint density at radius 3 is 2.60 bits per heavy atom. The highest BCUT2D eigenvalue weighted by Crippen LogP contribution is 2.53. The molecule has 8 heteroatoms. The first-order valence-corrected chi connectivity index (χ1v) is 11.8. The van der Waals surface area contributed by atoms with Crippen LogP contribution in [0.5, 0.6) is 0 Å². The lowest BCUT2D eigenvalue weighted by molar-refractivity contribution is 0.0484. The quantitative estimate of drug-likeness (QED) is 0.279. The Morgan fingerprint density at radius 1 is 1.36 bits per heavy atom. The fourth-order valence-electron chi connectivity index (χ4n) is 2.19. The van der Waals surface area contributed by atoms with Crippen LogP contribution in [0.4, 0.5) is 0 Å². The third kappa shape index (κ3) is 7.08. The SMILES string of the molecule is CCOP(=S)(S)OCCCOC(=O)c1cc(C#N)c(C)cc1C(C)C. The molecule has 1 unspecified atom stereocenters. The zero-order valence-electron chi connectivity index (χ0n) is 14.9. The number of benzene rings is 1. The van der Waals surface area contributed by atoms with Crippen LogP contribution in [-0.2, 0) is 25.6 Å². The predicted molar refractivity (Wildman–Crippen MR) is 106 cm³/mol. The lowest BCUT2D eigenvalue weighted by Crippen LogP contribution is -2.12. The van der Waals surface area contributed by atoms with Crippen LogP contribution in [0.1, 0.15) is 60.2 Å². The van der Waals surface area contributed by atoms with Gasteiger partial charge in [-0.05, 0) is 48.8 Å². The Hall–Kier alpha value is -0.900. The topological polar surface area (TPSA) is 68.6 Å². The highest BCUT2D eigenvalue weighted by molar-refractivity contribution is 8.60. The third-order valence-corrected chi connectivity index (χ3v) is 5.85. The first-order chi connectivity index (χ1) is 11.7. The molecule has 0 N–H and O–H groups in total. The van der Waals surface area contributed by atoms with Gasteiger partial charge in [0, 0.05) is 6.42 Å². The number of ether oxygens (including phenoxy) is 1. The number of hydrogen-bond acceptors (Lipinski definition) is 6. The number of nitrogens with zero attached hydrogens (tertiary/aromatic N) is 1. The molecule has 1 rings (SSSR count). The average Bonchev–Trinajstić information content (AvgIpc) is 2.53. The Bertz CT molecular complexity index is 701. The second-order valence-corrected chi connectivity index (χ2v) is 11.0. The van der Waals surface area contributed by atoms with Crippen LogP contribution in [-0.4, -0.2) is 25.8 Å². The van der Waals surface area contributed by atoms with E-state index in [0.717, 1.165) is 11.1 Å². The summed E-state index contributed by atoms with van der Waals surface area (Å²) in [5.41, 5.74) is 0.144. The van der Waals surface area contributed by atoms with Crippen molar-refractivity contribution in [1.82, 2.24) is 0 Å². The van der Waals surface area contributed by atoms with Crippen molar-refractivity contribution in [2.45, 2.75) is 40.0 Å². The van der Waals surface area contributed by atoms with Gasteiger partial charge in [0.1, 0.15) is 0 Å². The Kier molecular flexibility index (Phi) is 9.12. The number of carbonyl (C=O) groups is 1. The molecule has 138 valence electrons. The van der Waals surface area contributed by atoms with Crippen molar-refractivity contribution in [3.05, 3.63) is 34.4 Å². The summed E-state index contributed by atoms with van der Waals surface area (Å²) >= 11 is 9.28. The van der Waals surface area contributed by atoms with E-state index < -0.39 is 11.7 Å². The molecular weight excluding hydrogens is 377 g/mol. The number of carbonyl (C=O) groups excluding carboxylic acids is 1. The summed E-state index contributed by atoms with van der Waals surface area (Å²) in [5, 5.41) is 9.18. The number of rotatable bonds is 9. The van der Waals surface area contributed by atoms with Crippen molar-refractivity contribution in [3.63, 3.8) is 0 Å². The smallest absolute Gasteiger partial charge is 0.338 e. The lowest BCUT2D eigenvalue weighted by atomic mass is 9.92. The average molecular weight is 401 g/mol. The first kappa shape index (κ1) is 22.1. The van der Waals surface area contributed by atoms with E-state index in [-0.39, 0.29) is 12.5 Å². The first-order valence-electron chi connectivity index (χ1n) is 8.05. The Balaban J connectivity index is 2.66. The minimum atomic E-state index is -2.50. The zero-order chi connectivity index (χ0) is 19.0. The van der Waals surface area contributed by atoms with Crippen LogP contribution in [0.25, 0.3) is 0 Å². The number of thiol groups is 1. The van der Waals surface area contributed by atoms with Gasteiger partial charge >= 0.3 is 5.97 Å². The minimum absolute atomic E-state index is 0.151. The van der Waals surface area contributed by atoms with E-state index in [1.807, 2.05) is 33.8 Å². The third-order valence-electron chi connectivity index (χ3n) is 3.43. The normalized spacial score (nSPS) is 13.3. The molecule has 1 aromatic rings. The molecule has 5 nitrogen and oxygen atoms in total. The monoisotopic (exact) mass is 401 g/mol. The molecule has 0 fully saturated rings. The van der Waals surface area contributed by atoms with Crippen LogP contribution in [0.15, 0.2) is 12.1 Å². The van der Waals surface area contributed by atoms with Gasteiger partial charge in [-0.25, -0.2) is 4.79 Å². The molecule has 0 aromatic heterocycles. The molecule has 0 amide bonds. The molecule has 0 aliphatic heterocycles. The maximum Gasteiger partial charge on any atom is 0.338 e. The number of aryl methyl sites for hydroxylation is 1. The molecule has 1 atom stereocenters. The predicted octanol–water partition coefficient (Wildman–Crippen LogP) is 4.74. The van der Waals surface area contributed by atoms with Crippen LogP contribution < -0.4 is 0 Å². The van der Waals surface area contributed by atoms with E-state index in [9.17, 15) is 10.1 Å². The summed E-state index contributed by atoms with van der Waals surface area (Å²) in [6.45, 7) is 8.63. The molecule has 0 aliphatic rings. The molecule has 0 heterocycles. The maximum atomic E-state index is 12.4. The van der Waals surface area contributed by atoms with Crippen LogP contribution in [0, 0.1) is 18.3 Å². The van der Waals surface area contributed by atoms with Gasteiger partial charge in [-0.2, -0.15) is 5.26 Å². The summed E-state index contributed by atoms with van der Waals surface area (Å²) in [5.74, 6) is -0.284. The van der Waals surface area contributed by atoms with E-state index >= 15 is 0 Å². The summed E-state index contributed by atoms with van der Waals surface area (Å²) in [7, 11) is 0. The van der Waals surface area contributed by atoms with E-state index in [1.54, 1.807) is 6.07 Å². The number of esters is 1. The van der Waals surface area contributed by atoms with Gasteiger partial charge in [0.05, 0.1) is 37.0 Å². The van der Waals surface area contributed by atoms with Gasteiger partial charge in [-0.1, -0.05) is 32.2 Å². The fraction of sp³-hybridized carbons (Fsp3) is 0.529. The lowest BCUT2D eigenvalue weighted by Gasteiger charge is -2.16. The molecule has 0 aliphatic carbocycles. The van der Waals surface area contributed by atoms with Crippen molar-refractivity contribution in [1.29, 1.82) is 5.26 Å². The molecular formula is C17H24NO4PS2. The van der Waals surface area contributed by atoms with Crippen molar-refractivity contribution < 1.29 is 18.6 Å². The highest BCUT2D eigenvalue weighted by atomic mass is 32.9. The second kappa shape index (κ2) is 10.3. The molecule has 0 spiro atoms. The molecule has 25 heavy (non-hydrogen) atoms. The minimum Gasteiger partial charge on any atom is -0.462 e. The molecule has 1 aromatic carbocycles. The van der Waals surface area contributed by atoms with Gasteiger partial charge in [0.25, 0.3) is 0 Å². The Morgan fingerprint density at radius 2 is 2.04 bits per heavy atom. The second-order valence-electron chi connectivity index (χ2n) is 5.73. The van der Waals surface area contributed by atoms with Crippen molar-refractivity contribution in [2.24, 2.45) is 0 Å². The van der Waals surface area contributed by atoms with Crippen LogP contribution >= 0.6 is 17.9 Å². The van der Waals surface area contributed by atoms with Gasteiger partial charge in [0.2, 0.25) is 5.69 Å². The maximum absolute atomic E-state index is 12.4. The van der Waals surface area contributed by atoms with Gasteiger partial charge in [-0.3, -0.25) is 0 Å². The van der Waals surface area contributed by atoms with Crippen molar-refractivity contribution in [3.8, 4) is 6.07 Å². The van der Waals surface area contributed by atoms with E-state index in [0.29, 0.717) is 30.8 Å². The summed E-state index contributed by atoms with van der Waals surface area (Å²) in [4.78, 5) is 12.4. The molecule has 0 saturated heterocycles. The van der Waals surface area contributed by atoms with Gasteiger partial charge in [-0.15, -0.1) is 0 Å². The summed E-state index contributed by atoms with van der Waals surface area (Å²) in [6, 6.07) is 5.58.